The summed E-state index contributed by atoms with van der Waals surface area (Å²) in [6.07, 6.45) is 3.57. The summed E-state index contributed by atoms with van der Waals surface area (Å²) >= 11 is 0. The van der Waals surface area contributed by atoms with E-state index in [0.29, 0.717) is 35.8 Å². The van der Waals surface area contributed by atoms with Gasteiger partial charge in [-0.1, -0.05) is 18.2 Å². The summed E-state index contributed by atoms with van der Waals surface area (Å²) in [6.45, 7) is 3.90. The van der Waals surface area contributed by atoms with Gasteiger partial charge in [-0.15, -0.1) is 0 Å². The summed E-state index contributed by atoms with van der Waals surface area (Å²) < 4.78 is 9.48. The van der Waals surface area contributed by atoms with E-state index in [1.54, 1.807) is 48.9 Å². The Balaban J connectivity index is 1.98. The van der Waals surface area contributed by atoms with E-state index in [9.17, 15) is 14.4 Å². The fourth-order valence-electron chi connectivity index (χ4n) is 3.08. The number of aromatic nitrogens is 4. The molecule has 9 heteroatoms. The number of fused-ring (bicyclic) bond motifs is 1. The van der Waals surface area contributed by atoms with Gasteiger partial charge in [0.2, 0.25) is 0 Å². The molecule has 0 fully saturated rings. The quantitative estimate of drug-likeness (QED) is 0.647. The van der Waals surface area contributed by atoms with Crippen molar-refractivity contribution in [3.05, 3.63) is 56.5 Å². The van der Waals surface area contributed by atoms with E-state index in [4.69, 9.17) is 9.84 Å². The molecule has 2 heterocycles. The van der Waals surface area contributed by atoms with Crippen molar-refractivity contribution < 1.29 is 14.6 Å². The highest BCUT2D eigenvalue weighted by atomic mass is 16.5. The molecular formula is C20H22N4O5. The largest absolute Gasteiger partial charge is 0.482 e. The van der Waals surface area contributed by atoms with Gasteiger partial charge in [0, 0.05) is 20.1 Å². The Bertz CT molecular complexity index is 1200. The third-order valence-corrected chi connectivity index (χ3v) is 4.58. The topological polar surface area (TPSA) is 108 Å². The fourth-order valence-corrected chi connectivity index (χ4v) is 3.08. The molecule has 0 aliphatic heterocycles. The second kappa shape index (κ2) is 8.17. The van der Waals surface area contributed by atoms with E-state index in [0.717, 1.165) is 5.56 Å². The molecule has 0 radical (unpaired) electrons. The first-order chi connectivity index (χ1) is 13.9. The molecule has 152 valence electrons. The Kier molecular flexibility index (Phi) is 5.67. The fraction of sp³-hybridized carbons (Fsp3) is 0.300. The van der Waals surface area contributed by atoms with Crippen LogP contribution in [-0.4, -0.2) is 36.4 Å². The average molecular weight is 398 g/mol. The predicted octanol–water partition coefficient (Wildman–Crippen LogP) is 1.57. The number of carboxylic acids is 1. The highest BCUT2D eigenvalue weighted by Crippen LogP contribution is 2.16. The molecule has 0 bridgehead atoms. The third kappa shape index (κ3) is 3.84. The lowest BCUT2D eigenvalue weighted by Gasteiger charge is -2.08. The Morgan fingerprint density at radius 3 is 2.34 bits per heavy atom. The minimum absolute atomic E-state index is 0.292. The molecule has 0 saturated heterocycles. The van der Waals surface area contributed by atoms with Gasteiger partial charge in [0.25, 0.3) is 5.56 Å². The van der Waals surface area contributed by atoms with Gasteiger partial charge in [-0.2, -0.15) is 0 Å². The van der Waals surface area contributed by atoms with E-state index in [2.05, 4.69) is 4.98 Å². The second-order valence-corrected chi connectivity index (χ2v) is 6.36. The SMILES string of the molecule is CCn1c(=O)c2c(nc(/C=C/c3ccc(OCC(=O)O)cc3)n2C)n(CC)c1=O. The van der Waals surface area contributed by atoms with Crippen LogP contribution in [0.2, 0.25) is 0 Å². The molecule has 0 saturated carbocycles. The molecule has 2 aromatic heterocycles. The number of nitrogens with zero attached hydrogens (tertiary/aromatic N) is 4. The number of hydrogen-bond acceptors (Lipinski definition) is 5. The molecule has 29 heavy (non-hydrogen) atoms. The van der Waals surface area contributed by atoms with E-state index in [-0.39, 0.29) is 11.2 Å². The Hall–Kier alpha value is -3.62. The molecule has 0 aliphatic carbocycles. The smallest absolute Gasteiger partial charge is 0.341 e. The van der Waals surface area contributed by atoms with Crippen molar-refractivity contribution in [3.8, 4) is 5.75 Å². The number of benzene rings is 1. The van der Waals surface area contributed by atoms with Gasteiger partial charge in [0.1, 0.15) is 11.6 Å². The van der Waals surface area contributed by atoms with Crippen molar-refractivity contribution in [2.45, 2.75) is 26.9 Å². The van der Waals surface area contributed by atoms with E-state index in [1.807, 2.05) is 13.0 Å². The van der Waals surface area contributed by atoms with Crippen LogP contribution >= 0.6 is 0 Å². The zero-order chi connectivity index (χ0) is 21.1. The second-order valence-electron chi connectivity index (χ2n) is 6.36. The van der Waals surface area contributed by atoms with Crippen molar-refractivity contribution >= 4 is 29.3 Å². The van der Waals surface area contributed by atoms with Crippen molar-refractivity contribution in [1.82, 2.24) is 18.7 Å². The van der Waals surface area contributed by atoms with Gasteiger partial charge >= 0.3 is 11.7 Å². The van der Waals surface area contributed by atoms with Crippen LogP contribution in [0.4, 0.5) is 0 Å². The van der Waals surface area contributed by atoms with Crippen molar-refractivity contribution in [2.24, 2.45) is 7.05 Å². The zero-order valence-electron chi connectivity index (χ0n) is 16.5. The highest BCUT2D eigenvalue weighted by Gasteiger charge is 2.17. The van der Waals surface area contributed by atoms with Gasteiger partial charge in [-0.3, -0.25) is 13.9 Å². The third-order valence-electron chi connectivity index (χ3n) is 4.58. The summed E-state index contributed by atoms with van der Waals surface area (Å²) in [7, 11) is 1.74. The number of aliphatic carboxylic acids is 1. The van der Waals surface area contributed by atoms with E-state index >= 15 is 0 Å². The van der Waals surface area contributed by atoms with E-state index < -0.39 is 12.6 Å². The normalized spacial score (nSPS) is 11.4. The zero-order valence-corrected chi connectivity index (χ0v) is 16.5. The standard InChI is InChI=1S/C20H22N4O5/c1-4-23-18-17(19(27)24(5-2)20(23)28)22(3)15(21-18)11-8-13-6-9-14(10-7-13)29-12-16(25)26/h6-11H,4-5,12H2,1-3H3,(H,25,26)/b11-8+. The number of aryl methyl sites for hydroxylation is 2. The molecule has 0 aliphatic rings. The van der Waals surface area contributed by atoms with Crippen LogP contribution in [0, 0.1) is 0 Å². The highest BCUT2D eigenvalue weighted by molar-refractivity contribution is 5.76. The molecule has 1 N–H and O–H groups in total. The predicted molar refractivity (Wildman–Crippen MR) is 109 cm³/mol. The number of imidazole rings is 1. The summed E-state index contributed by atoms with van der Waals surface area (Å²) in [5.74, 6) is -0.0402. The van der Waals surface area contributed by atoms with Crippen LogP contribution in [0.25, 0.3) is 23.3 Å². The maximum atomic E-state index is 12.7. The Morgan fingerprint density at radius 2 is 1.76 bits per heavy atom. The van der Waals surface area contributed by atoms with Gasteiger partial charge in [-0.05, 0) is 37.6 Å². The molecular weight excluding hydrogens is 376 g/mol. The molecule has 1 aromatic carbocycles. The molecule has 0 spiro atoms. The Morgan fingerprint density at radius 1 is 1.10 bits per heavy atom. The van der Waals surface area contributed by atoms with Crippen LogP contribution in [0.15, 0.2) is 33.9 Å². The molecule has 3 rings (SSSR count). The molecule has 0 amide bonds. The molecule has 0 atom stereocenters. The summed E-state index contributed by atoms with van der Waals surface area (Å²) in [5.41, 5.74) is 0.876. The molecule has 3 aromatic rings. The summed E-state index contributed by atoms with van der Waals surface area (Å²) in [4.78, 5) is 40.3. The Labute approximate surface area is 166 Å². The van der Waals surface area contributed by atoms with Crippen LogP contribution in [0.5, 0.6) is 5.75 Å². The van der Waals surface area contributed by atoms with Crippen molar-refractivity contribution in [3.63, 3.8) is 0 Å². The van der Waals surface area contributed by atoms with Crippen molar-refractivity contribution in [1.29, 1.82) is 0 Å². The first-order valence-corrected chi connectivity index (χ1v) is 9.20. The van der Waals surface area contributed by atoms with Crippen molar-refractivity contribution in [2.75, 3.05) is 6.61 Å². The minimum Gasteiger partial charge on any atom is -0.482 e. The number of hydrogen-bond donors (Lipinski definition) is 1. The molecule has 9 nitrogen and oxygen atoms in total. The number of carbonyl (C=O) groups is 1. The summed E-state index contributed by atoms with van der Waals surface area (Å²) in [6, 6.07) is 6.91. The van der Waals surface area contributed by atoms with Gasteiger partial charge < -0.3 is 14.4 Å². The average Bonchev–Trinajstić information content (AvgIpc) is 3.02. The first-order valence-electron chi connectivity index (χ1n) is 9.20. The van der Waals surface area contributed by atoms with Crippen LogP contribution in [-0.2, 0) is 24.9 Å². The lowest BCUT2D eigenvalue weighted by atomic mass is 10.2. The van der Waals surface area contributed by atoms with Crippen LogP contribution < -0.4 is 16.0 Å². The number of ether oxygens (including phenoxy) is 1. The lowest BCUT2D eigenvalue weighted by Crippen LogP contribution is -2.39. The summed E-state index contributed by atoms with van der Waals surface area (Å²) in [5, 5.41) is 8.64. The molecule has 0 unspecified atom stereocenters. The van der Waals surface area contributed by atoms with Gasteiger partial charge in [0.05, 0.1) is 0 Å². The van der Waals surface area contributed by atoms with Crippen LogP contribution in [0.3, 0.4) is 0 Å². The maximum absolute atomic E-state index is 12.7. The number of rotatable bonds is 7. The monoisotopic (exact) mass is 398 g/mol. The first kappa shape index (κ1) is 20.1. The maximum Gasteiger partial charge on any atom is 0.341 e. The van der Waals surface area contributed by atoms with E-state index in [1.165, 1.54) is 9.13 Å². The lowest BCUT2D eigenvalue weighted by molar-refractivity contribution is -0.139. The van der Waals surface area contributed by atoms with Crippen LogP contribution in [0.1, 0.15) is 25.2 Å². The van der Waals surface area contributed by atoms with Gasteiger partial charge in [-0.25, -0.2) is 14.6 Å². The number of carboxylic acid groups (broad SMARTS) is 1. The van der Waals surface area contributed by atoms with Gasteiger partial charge in [0.15, 0.2) is 17.8 Å². The minimum atomic E-state index is -1.04.